The fourth-order valence-electron chi connectivity index (χ4n) is 0.348. The van der Waals surface area contributed by atoms with Crippen LogP contribution >= 0.6 is 23.2 Å². The first-order valence-corrected chi connectivity index (χ1v) is 4.13. The van der Waals surface area contributed by atoms with E-state index in [1.165, 1.54) is 19.3 Å². The molecule has 0 radical (unpaired) electrons. The van der Waals surface area contributed by atoms with Gasteiger partial charge in [0.05, 0.1) is 5.34 Å². The van der Waals surface area contributed by atoms with E-state index in [0.717, 1.165) is 0 Å². The molecule has 0 bridgehead atoms. The van der Waals surface area contributed by atoms with Crippen molar-refractivity contribution in [2.75, 3.05) is 5.34 Å². The molecule has 0 atom stereocenters. The lowest BCUT2D eigenvalue weighted by Crippen LogP contribution is -1.61. The van der Waals surface area contributed by atoms with Crippen molar-refractivity contribution >= 4 is 23.2 Å². The molecule has 0 heterocycles. The maximum Gasteiger partial charge on any atom is 0.0967 e. The highest BCUT2D eigenvalue weighted by Gasteiger charge is 1.71. The lowest BCUT2D eigenvalue weighted by atomic mass is 10.3. The summed E-state index contributed by atoms with van der Waals surface area (Å²) in [7, 11) is 0. The molecule has 0 unspecified atom stereocenters. The van der Waals surface area contributed by atoms with Crippen molar-refractivity contribution in [3.63, 3.8) is 0 Å². The minimum Gasteiger partial charge on any atom is -0.109 e. The maximum atomic E-state index is 4.76. The summed E-state index contributed by atoms with van der Waals surface area (Å²) in [6.45, 7) is 5.78. The van der Waals surface area contributed by atoms with Crippen LogP contribution in [0.4, 0.5) is 0 Å². The van der Waals surface area contributed by atoms with Gasteiger partial charge in [-0.25, -0.2) is 0 Å². The van der Waals surface area contributed by atoms with Crippen LogP contribution < -0.4 is 0 Å². The van der Waals surface area contributed by atoms with E-state index in [2.05, 4.69) is 13.5 Å². The highest BCUT2D eigenvalue weighted by Crippen LogP contribution is 1.91. The van der Waals surface area contributed by atoms with Crippen LogP contribution in [0, 0.1) is 0 Å². The summed E-state index contributed by atoms with van der Waals surface area (Å²) in [4.78, 5) is 0. The number of hydrogen-bond acceptors (Lipinski definition) is 0. The van der Waals surface area contributed by atoms with E-state index in [0.29, 0.717) is 0 Å². The molecule has 56 valence electrons. The van der Waals surface area contributed by atoms with Crippen molar-refractivity contribution in [3.8, 4) is 0 Å². The largest absolute Gasteiger partial charge is 0.109 e. The molecule has 0 N–H and O–H groups in total. The number of halogens is 2. The molecule has 0 aliphatic heterocycles. The molecule has 0 saturated heterocycles. The second-order valence-corrected chi connectivity index (χ2v) is 2.34. The van der Waals surface area contributed by atoms with Crippen LogP contribution in [0.5, 0.6) is 0 Å². The van der Waals surface area contributed by atoms with E-state index in [1.807, 2.05) is 6.08 Å². The van der Waals surface area contributed by atoms with Gasteiger partial charge in [-0.3, -0.25) is 0 Å². The maximum absolute atomic E-state index is 4.76. The van der Waals surface area contributed by atoms with Gasteiger partial charge in [0.2, 0.25) is 0 Å². The SMILES string of the molecule is C=CCCCC.ClCCl. The Morgan fingerprint density at radius 3 is 2.00 bits per heavy atom. The third-order valence-corrected chi connectivity index (χ3v) is 0.762. The lowest BCUT2D eigenvalue weighted by Gasteiger charge is -1.81. The summed E-state index contributed by atoms with van der Waals surface area (Å²) >= 11 is 9.53. The molecule has 0 nitrogen and oxygen atoms in total. The summed E-state index contributed by atoms with van der Waals surface area (Å²) < 4.78 is 0. The van der Waals surface area contributed by atoms with Gasteiger partial charge in [0.1, 0.15) is 0 Å². The van der Waals surface area contributed by atoms with E-state index in [4.69, 9.17) is 23.2 Å². The molecule has 0 aromatic heterocycles. The van der Waals surface area contributed by atoms with Crippen molar-refractivity contribution in [1.82, 2.24) is 0 Å². The predicted octanol–water partition coefficient (Wildman–Crippen LogP) is 3.78. The molecule has 0 spiro atoms. The smallest absolute Gasteiger partial charge is 0.0967 e. The van der Waals surface area contributed by atoms with Crippen LogP contribution in [0.3, 0.4) is 0 Å². The monoisotopic (exact) mass is 168 g/mol. The Labute approximate surface area is 67.9 Å². The van der Waals surface area contributed by atoms with Gasteiger partial charge in [0.25, 0.3) is 0 Å². The zero-order valence-electron chi connectivity index (χ0n) is 5.87. The van der Waals surface area contributed by atoms with Crippen molar-refractivity contribution < 1.29 is 0 Å². The van der Waals surface area contributed by atoms with Crippen LogP contribution in [-0.4, -0.2) is 5.34 Å². The average Bonchev–Trinajstić information content (AvgIpc) is 1.86. The minimum absolute atomic E-state index is 0.194. The molecule has 0 aromatic carbocycles. The number of rotatable bonds is 3. The summed E-state index contributed by atoms with van der Waals surface area (Å²) in [6.07, 6.45) is 5.72. The molecule has 0 aliphatic rings. The fourth-order valence-corrected chi connectivity index (χ4v) is 0.348. The Bertz CT molecular complexity index is 44.2. The zero-order valence-corrected chi connectivity index (χ0v) is 7.38. The van der Waals surface area contributed by atoms with Gasteiger partial charge in [-0.05, 0) is 6.42 Å². The third-order valence-electron chi connectivity index (χ3n) is 0.762. The van der Waals surface area contributed by atoms with Crippen molar-refractivity contribution in [1.29, 1.82) is 0 Å². The number of hydrogen-bond donors (Lipinski definition) is 0. The second kappa shape index (κ2) is 15.8. The van der Waals surface area contributed by atoms with Gasteiger partial charge < -0.3 is 0 Å². The first-order chi connectivity index (χ1) is 4.33. The Hall–Kier alpha value is 0.320. The summed E-state index contributed by atoms with van der Waals surface area (Å²) in [6, 6.07) is 0. The highest BCUT2D eigenvalue weighted by molar-refractivity contribution is 6.40. The van der Waals surface area contributed by atoms with Crippen LogP contribution in [0.15, 0.2) is 12.7 Å². The summed E-state index contributed by atoms with van der Waals surface area (Å²) in [5.74, 6) is 0. The summed E-state index contributed by atoms with van der Waals surface area (Å²) in [5.41, 5.74) is 0. The first-order valence-electron chi connectivity index (χ1n) is 3.06. The Morgan fingerprint density at radius 1 is 1.44 bits per heavy atom. The van der Waals surface area contributed by atoms with E-state index >= 15 is 0 Å². The quantitative estimate of drug-likeness (QED) is 0.342. The first kappa shape index (κ1) is 12.0. The lowest BCUT2D eigenvalue weighted by molar-refractivity contribution is 0.816. The standard InChI is InChI=1S/C6H12.CH2Cl2/c1-3-5-6-4-2;2-1-3/h3H,1,4-6H2,2H3;1H2. The Kier molecular flexibility index (Phi) is 21.1. The van der Waals surface area contributed by atoms with Gasteiger partial charge in [-0.1, -0.05) is 25.8 Å². The molecule has 2 heteroatoms. The number of alkyl halides is 2. The Balaban J connectivity index is 0. The molecule has 0 aromatic rings. The van der Waals surface area contributed by atoms with Gasteiger partial charge in [0, 0.05) is 0 Å². The number of unbranched alkanes of at least 4 members (excludes halogenated alkanes) is 2. The van der Waals surface area contributed by atoms with Crippen molar-refractivity contribution in [2.24, 2.45) is 0 Å². The highest BCUT2D eigenvalue weighted by atomic mass is 35.5. The van der Waals surface area contributed by atoms with Crippen molar-refractivity contribution in [2.45, 2.75) is 26.2 Å². The fraction of sp³-hybridized carbons (Fsp3) is 0.714. The van der Waals surface area contributed by atoms with Gasteiger partial charge in [-0.2, -0.15) is 0 Å². The molecular weight excluding hydrogens is 155 g/mol. The van der Waals surface area contributed by atoms with Crippen molar-refractivity contribution in [3.05, 3.63) is 12.7 Å². The Morgan fingerprint density at radius 2 is 1.89 bits per heavy atom. The van der Waals surface area contributed by atoms with Gasteiger partial charge in [-0.15, -0.1) is 29.8 Å². The van der Waals surface area contributed by atoms with E-state index < -0.39 is 0 Å². The van der Waals surface area contributed by atoms with Crippen LogP contribution in [0.25, 0.3) is 0 Å². The molecule has 0 saturated carbocycles. The third kappa shape index (κ3) is 30.1. The van der Waals surface area contributed by atoms with Gasteiger partial charge >= 0.3 is 0 Å². The molecule has 0 aliphatic carbocycles. The van der Waals surface area contributed by atoms with E-state index in [9.17, 15) is 0 Å². The second-order valence-electron chi connectivity index (χ2n) is 1.53. The topological polar surface area (TPSA) is 0 Å². The molecular formula is C7H14Cl2. The van der Waals surface area contributed by atoms with Gasteiger partial charge in [0.15, 0.2) is 0 Å². The van der Waals surface area contributed by atoms with E-state index in [1.54, 1.807) is 0 Å². The average molecular weight is 169 g/mol. The van der Waals surface area contributed by atoms with E-state index in [-0.39, 0.29) is 5.34 Å². The van der Waals surface area contributed by atoms with Crippen LogP contribution in [-0.2, 0) is 0 Å². The summed E-state index contributed by atoms with van der Waals surface area (Å²) in [5, 5.41) is 0.194. The predicted molar refractivity (Wildman–Crippen MR) is 46.3 cm³/mol. The normalized spacial score (nSPS) is 7.44. The van der Waals surface area contributed by atoms with Crippen LogP contribution in [0.1, 0.15) is 26.2 Å². The zero-order chi connectivity index (χ0) is 7.54. The molecule has 0 rings (SSSR count). The molecule has 0 fully saturated rings. The molecule has 0 amide bonds. The number of allylic oxidation sites excluding steroid dienone is 1. The van der Waals surface area contributed by atoms with Crippen LogP contribution in [0.2, 0.25) is 0 Å². The minimum atomic E-state index is 0.194. The molecule has 9 heavy (non-hydrogen) atoms.